The first-order chi connectivity index (χ1) is 9.17. The number of hydrogen-bond acceptors (Lipinski definition) is 3. The molecule has 0 spiro atoms. The SMILES string of the molecule is CNc1ccc2[nH]c(-c3ccc(Cl)c(C)c3)nc2n1. The zero-order chi connectivity index (χ0) is 13.4. The van der Waals surface area contributed by atoms with E-state index in [2.05, 4.69) is 20.3 Å². The first-order valence-corrected chi connectivity index (χ1v) is 6.36. The van der Waals surface area contributed by atoms with Crippen LogP contribution in [0.1, 0.15) is 5.56 Å². The minimum Gasteiger partial charge on any atom is -0.373 e. The lowest BCUT2D eigenvalue weighted by molar-refractivity contribution is 1.28. The fraction of sp³-hybridized carbons (Fsp3) is 0.143. The summed E-state index contributed by atoms with van der Waals surface area (Å²) in [6.45, 7) is 1.98. The van der Waals surface area contributed by atoms with Gasteiger partial charge < -0.3 is 10.3 Å². The molecule has 0 saturated carbocycles. The fourth-order valence-electron chi connectivity index (χ4n) is 1.96. The molecule has 4 nitrogen and oxygen atoms in total. The summed E-state index contributed by atoms with van der Waals surface area (Å²) in [6.07, 6.45) is 0. The van der Waals surface area contributed by atoms with E-state index in [1.165, 1.54) is 0 Å². The molecule has 0 aliphatic carbocycles. The van der Waals surface area contributed by atoms with E-state index in [1.54, 1.807) is 0 Å². The Morgan fingerprint density at radius 3 is 2.74 bits per heavy atom. The maximum absolute atomic E-state index is 6.04. The summed E-state index contributed by atoms with van der Waals surface area (Å²) in [7, 11) is 1.84. The van der Waals surface area contributed by atoms with Gasteiger partial charge in [0.2, 0.25) is 0 Å². The summed E-state index contributed by atoms with van der Waals surface area (Å²) in [4.78, 5) is 12.2. The molecule has 0 atom stereocenters. The van der Waals surface area contributed by atoms with Crippen molar-refractivity contribution in [2.24, 2.45) is 0 Å². The first-order valence-electron chi connectivity index (χ1n) is 5.98. The van der Waals surface area contributed by atoms with Crippen LogP contribution in [0.15, 0.2) is 30.3 Å². The lowest BCUT2D eigenvalue weighted by atomic mass is 10.1. The third-order valence-corrected chi connectivity index (χ3v) is 3.46. The van der Waals surface area contributed by atoms with Gasteiger partial charge in [-0.15, -0.1) is 0 Å². The maximum atomic E-state index is 6.04. The second-order valence-corrected chi connectivity index (χ2v) is 4.77. The Labute approximate surface area is 115 Å². The molecule has 0 saturated heterocycles. The van der Waals surface area contributed by atoms with Crippen LogP contribution in [-0.4, -0.2) is 22.0 Å². The number of anilines is 1. The third-order valence-electron chi connectivity index (χ3n) is 3.03. The van der Waals surface area contributed by atoms with Crippen LogP contribution in [0.3, 0.4) is 0 Å². The monoisotopic (exact) mass is 272 g/mol. The number of nitrogens with one attached hydrogen (secondary N) is 2. The lowest BCUT2D eigenvalue weighted by Crippen LogP contribution is -1.91. The van der Waals surface area contributed by atoms with Gasteiger partial charge in [-0.3, -0.25) is 0 Å². The van der Waals surface area contributed by atoms with Gasteiger partial charge in [0.05, 0.1) is 5.52 Å². The van der Waals surface area contributed by atoms with E-state index in [0.29, 0.717) is 5.65 Å². The van der Waals surface area contributed by atoms with Gasteiger partial charge in [-0.05, 0) is 42.8 Å². The average Bonchev–Trinajstić information content (AvgIpc) is 2.84. The van der Waals surface area contributed by atoms with E-state index in [1.807, 2.05) is 44.3 Å². The summed E-state index contributed by atoms with van der Waals surface area (Å²) in [6, 6.07) is 9.72. The number of aryl methyl sites for hydroxylation is 1. The number of imidazole rings is 1. The number of rotatable bonds is 2. The molecular formula is C14H13ClN4. The maximum Gasteiger partial charge on any atom is 0.180 e. The summed E-state index contributed by atoms with van der Waals surface area (Å²) in [5.41, 5.74) is 3.66. The molecule has 1 aromatic carbocycles. The standard InChI is InChI=1S/C14H13ClN4/c1-8-7-9(3-4-10(8)15)13-17-11-5-6-12(16-2)18-14(11)19-13/h3-7H,1-2H3,(H2,16,17,18,19). The molecule has 96 valence electrons. The van der Waals surface area contributed by atoms with Crippen LogP contribution >= 0.6 is 11.6 Å². The van der Waals surface area contributed by atoms with Gasteiger partial charge in [0.1, 0.15) is 11.6 Å². The minimum atomic E-state index is 0.703. The summed E-state index contributed by atoms with van der Waals surface area (Å²) in [5, 5.41) is 3.76. The van der Waals surface area contributed by atoms with Crippen molar-refractivity contribution < 1.29 is 0 Å². The molecule has 0 fully saturated rings. The highest BCUT2D eigenvalue weighted by molar-refractivity contribution is 6.31. The molecule has 3 rings (SSSR count). The zero-order valence-corrected chi connectivity index (χ0v) is 11.4. The van der Waals surface area contributed by atoms with E-state index in [4.69, 9.17) is 11.6 Å². The van der Waals surface area contributed by atoms with Crippen LogP contribution in [0.25, 0.3) is 22.6 Å². The number of aromatic amines is 1. The van der Waals surface area contributed by atoms with Crippen molar-refractivity contribution in [2.75, 3.05) is 12.4 Å². The fourth-order valence-corrected chi connectivity index (χ4v) is 2.08. The molecule has 3 aromatic rings. The third kappa shape index (κ3) is 2.15. The van der Waals surface area contributed by atoms with Gasteiger partial charge in [-0.1, -0.05) is 11.6 Å². The number of fused-ring (bicyclic) bond motifs is 1. The Balaban J connectivity index is 2.11. The Kier molecular flexibility index (Phi) is 2.87. The zero-order valence-electron chi connectivity index (χ0n) is 10.7. The highest BCUT2D eigenvalue weighted by atomic mass is 35.5. The van der Waals surface area contributed by atoms with Crippen LogP contribution in [-0.2, 0) is 0 Å². The largest absolute Gasteiger partial charge is 0.373 e. The molecular weight excluding hydrogens is 260 g/mol. The number of halogens is 1. The number of hydrogen-bond donors (Lipinski definition) is 2. The van der Waals surface area contributed by atoms with Crippen molar-refractivity contribution in [2.45, 2.75) is 6.92 Å². The van der Waals surface area contributed by atoms with Gasteiger partial charge in [0, 0.05) is 17.6 Å². The Hall–Kier alpha value is -2.07. The van der Waals surface area contributed by atoms with Gasteiger partial charge >= 0.3 is 0 Å². The molecule has 2 aromatic heterocycles. The van der Waals surface area contributed by atoms with Crippen molar-refractivity contribution >= 4 is 28.6 Å². The number of pyridine rings is 1. The Bertz CT molecular complexity index is 748. The smallest absolute Gasteiger partial charge is 0.180 e. The number of aromatic nitrogens is 3. The van der Waals surface area contributed by atoms with E-state index >= 15 is 0 Å². The highest BCUT2D eigenvalue weighted by Gasteiger charge is 2.08. The molecule has 19 heavy (non-hydrogen) atoms. The van der Waals surface area contributed by atoms with Crippen LogP contribution in [0, 0.1) is 6.92 Å². The number of nitrogens with zero attached hydrogens (tertiary/aromatic N) is 2. The molecule has 5 heteroatoms. The molecule has 2 heterocycles. The molecule has 0 radical (unpaired) electrons. The van der Waals surface area contributed by atoms with Gasteiger partial charge in [0.25, 0.3) is 0 Å². The average molecular weight is 273 g/mol. The predicted molar refractivity (Wildman–Crippen MR) is 78.6 cm³/mol. The topological polar surface area (TPSA) is 53.6 Å². The summed E-state index contributed by atoms with van der Waals surface area (Å²) in [5.74, 6) is 1.60. The van der Waals surface area contributed by atoms with E-state index in [-0.39, 0.29) is 0 Å². The highest BCUT2D eigenvalue weighted by Crippen LogP contribution is 2.24. The molecule has 0 aliphatic heterocycles. The van der Waals surface area contributed by atoms with Crippen LogP contribution in [0.2, 0.25) is 5.02 Å². The van der Waals surface area contributed by atoms with Gasteiger partial charge in [-0.2, -0.15) is 0 Å². The van der Waals surface area contributed by atoms with Crippen LogP contribution in [0.5, 0.6) is 0 Å². The predicted octanol–water partition coefficient (Wildman–Crippen LogP) is 3.63. The van der Waals surface area contributed by atoms with Gasteiger partial charge in [0.15, 0.2) is 5.65 Å². The Morgan fingerprint density at radius 1 is 1.16 bits per heavy atom. The molecule has 2 N–H and O–H groups in total. The summed E-state index contributed by atoms with van der Waals surface area (Å²) >= 11 is 6.04. The van der Waals surface area contributed by atoms with E-state index < -0.39 is 0 Å². The van der Waals surface area contributed by atoms with Gasteiger partial charge in [-0.25, -0.2) is 9.97 Å². The number of H-pyrrole nitrogens is 1. The van der Waals surface area contributed by atoms with E-state index in [0.717, 1.165) is 33.3 Å². The van der Waals surface area contributed by atoms with Crippen molar-refractivity contribution in [1.82, 2.24) is 15.0 Å². The van der Waals surface area contributed by atoms with Crippen molar-refractivity contribution in [3.8, 4) is 11.4 Å². The van der Waals surface area contributed by atoms with Crippen molar-refractivity contribution in [1.29, 1.82) is 0 Å². The summed E-state index contributed by atoms with van der Waals surface area (Å²) < 4.78 is 0. The number of benzene rings is 1. The Morgan fingerprint density at radius 2 is 2.00 bits per heavy atom. The van der Waals surface area contributed by atoms with E-state index in [9.17, 15) is 0 Å². The normalized spacial score (nSPS) is 10.9. The van der Waals surface area contributed by atoms with Crippen molar-refractivity contribution in [3.05, 3.63) is 40.9 Å². The first kappa shape index (κ1) is 12.0. The second-order valence-electron chi connectivity index (χ2n) is 4.37. The molecule has 0 amide bonds. The molecule has 0 aliphatic rings. The van der Waals surface area contributed by atoms with Crippen LogP contribution in [0.4, 0.5) is 5.82 Å². The van der Waals surface area contributed by atoms with Crippen LogP contribution < -0.4 is 5.32 Å². The molecule has 0 bridgehead atoms. The van der Waals surface area contributed by atoms with Crippen molar-refractivity contribution in [3.63, 3.8) is 0 Å². The molecule has 0 unspecified atom stereocenters. The lowest BCUT2D eigenvalue weighted by Gasteiger charge is -2.00. The quantitative estimate of drug-likeness (QED) is 0.749. The minimum absolute atomic E-state index is 0.703. The second kappa shape index (κ2) is 4.55.